The minimum Gasteiger partial charge on any atom is -0.378 e. The number of rotatable bonds is 2. The molecule has 1 aromatic carbocycles. The Hall–Kier alpha value is -1.92. The Morgan fingerprint density at radius 3 is 2.52 bits per heavy atom. The summed E-state index contributed by atoms with van der Waals surface area (Å²) in [6.07, 6.45) is 0.803. The quantitative estimate of drug-likeness (QED) is 0.855. The summed E-state index contributed by atoms with van der Waals surface area (Å²) in [6, 6.07) is 9.06. The summed E-state index contributed by atoms with van der Waals surface area (Å²) in [5.74, 6) is 0.123. The van der Waals surface area contributed by atoms with Gasteiger partial charge in [-0.1, -0.05) is 18.2 Å². The standard InChI is InChI=1S/C17H23N3O3/c21-16(14-5-2-1-3-6-14)19-8-4-9-20(11-10-19)17(22)15-13-23-12-7-18-15/h1-3,5-6,15,18H,4,7-13H2. The van der Waals surface area contributed by atoms with Crippen LogP contribution >= 0.6 is 0 Å². The highest BCUT2D eigenvalue weighted by molar-refractivity contribution is 5.94. The highest BCUT2D eigenvalue weighted by atomic mass is 16.5. The molecule has 23 heavy (non-hydrogen) atoms. The second-order valence-corrected chi connectivity index (χ2v) is 5.92. The number of nitrogens with zero attached hydrogens (tertiary/aromatic N) is 2. The van der Waals surface area contributed by atoms with E-state index in [0.717, 1.165) is 6.42 Å². The lowest BCUT2D eigenvalue weighted by Crippen LogP contribution is -2.53. The fourth-order valence-corrected chi connectivity index (χ4v) is 3.05. The van der Waals surface area contributed by atoms with Crippen LogP contribution in [-0.2, 0) is 9.53 Å². The molecule has 0 saturated carbocycles. The number of amides is 2. The van der Waals surface area contributed by atoms with Crippen LogP contribution in [0, 0.1) is 0 Å². The first-order chi connectivity index (χ1) is 11.3. The van der Waals surface area contributed by atoms with Crippen LogP contribution in [0.4, 0.5) is 0 Å². The molecule has 2 heterocycles. The van der Waals surface area contributed by atoms with Crippen LogP contribution in [0.2, 0.25) is 0 Å². The molecule has 124 valence electrons. The van der Waals surface area contributed by atoms with Crippen LogP contribution in [0.25, 0.3) is 0 Å². The van der Waals surface area contributed by atoms with Gasteiger partial charge in [-0.25, -0.2) is 0 Å². The highest BCUT2D eigenvalue weighted by Gasteiger charge is 2.28. The molecule has 2 saturated heterocycles. The molecule has 2 fully saturated rings. The van der Waals surface area contributed by atoms with Crippen molar-refractivity contribution in [3.8, 4) is 0 Å². The summed E-state index contributed by atoms with van der Waals surface area (Å²) in [5.41, 5.74) is 0.703. The van der Waals surface area contributed by atoms with Crippen molar-refractivity contribution in [3.63, 3.8) is 0 Å². The van der Waals surface area contributed by atoms with Crippen LogP contribution in [0.5, 0.6) is 0 Å². The Balaban J connectivity index is 1.58. The molecule has 3 rings (SSSR count). The molecule has 0 aromatic heterocycles. The van der Waals surface area contributed by atoms with E-state index in [9.17, 15) is 9.59 Å². The number of nitrogens with one attached hydrogen (secondary N) is 1. The first-order valence-electron chi connectivity index (χ1n) is 8.20. The van der Waals surface area contributed by atoms with Crippen molar-refractivity contribution in [3.05, 3.63) is 35.9 Å². The Morgan fingerprint density at radius 1 is 1.04 bits per heavy atom. The van der Waals surface area contributed by atoms with Crippen molar-refractivity contribution < 1.29 is 14.3 Å². The third-order valence-electron chi connectivity index (χ3n) is 4.34. The van der Waals surface area contributed by atoms with E-state index in [1.54, 1.807) is 0 Å². The van der Waals surface area contributed by atoms with Gasteiger partial charge in [0.1, 0.15) is 6.04 Å². The van der Waals surface area contributed by atoms with Crippen molar-refractivity contribution in [1.29, 1.82) is 0 Å². The van der Waals surface area contributed by atoms with Crippen LogP contribution < -0.4 is 5.32 Å². The Bertz CT molecular complexity index is 543. The smallest absolute Gasteiger partial charge is 0.253 e. The zero-order valence-corrected chi connectivity index (χ0v) is 13.2. The van der Waals surface area contributed by atoms with Gasteiger partial charge in [-0.3, -0.25) is 9.59 Å². The number of ether oxygens (including phenoxy) is 1. The number of carbonyl (C=O) groups is 2. The van der Waals surface area contributed by atoms with E-state index in [1.807, 2.05) is 40.1 Å². The molecule has 2 amide bonds. The third kappa shape index (κ3) is 3.89. The van der Waals surface area contributed by atoms with E-state index < -0.39 is 0 Å². The van der Waals surface area contributed by atoms with E-state index in [2.05, 4.69) is 5.32 Å². The van der Waals surface area contributed by atoms with E-state index in [-0.39, 0.29) is 17.9 Å². The van der Waals surface area contributed by atoms with E-state index in [1.165, 1.54) is 0 Å². The fourth-order valence-electron chi connectivity index (χ4n) is 3.05. The summed E-state index contributed by atoms with van der Waals surface area (Å²) in [4.78, 5) is 28.7. The van der Waals surface area contributed by atoms with Gasteiger partial charge in [-0.2, -0.15) is 0 Å². The highest BCUT2D eigenvalue weighted by Crippen LogP contribution is 2.10. The van der Waals surface area contributed by atoms with Gasteiger partial charge in [0.05, 0.1) is 13.2 Å². The number of hydrogen-bond acceptors (Lipinski definition) is 4. The zero-order valence-electron chi connectivity index (χ0n) is 13.2. The lowest BCUT2D eigenvalue weighted by Gasteiger charge is -2.29. The van der Waals surface area contributed by atoms with Crippen molar-refractivity contribution in [2.24, 2.45) is 0 Å². The summed E-state index contributed by atoms with van der Waals surface area (Å²) >= 11 is 0. The summed E-state index contributed by atoms with van der Waals surface area (Å²) in [7, 11) is 0. The average Bonchev–Trinajstić information content (AvgIpc) is 2.88. The van der Waals surface area contributed by atoms with Crippen molar-refractivity contribution in [1.82, 2.24) is 15.1 Å². The fraction of sp³-hybridized carbons (Fsp3) is 0.529. The third-order valence-corrected chi connectivity index (χ3v) is 4.34. The number of carbonyl (C=O) groups excluding carboxylic acids is 2. The van der Waals surface area contributed by atoms with Crippen LogP contribution in [0.15, 0.2) is 30.3 Å². The average molecular weight is 317 g/mol. The molecule has 0 bridgehead atoms. The normalized spacial score (nSPS) is 22.5. The predicted molar refractivity (Wildman–Crippen MR) is 86.2 cm³/mol. The minimum absolute atomic E-state index is 0.0408. The van der Waals surface area contributed by atoms with Crippen molar-refractivity contribution >= 4 is 11.8 Å². The van der Waals surface area contributed by atoms with Gasteiger partial charge in [-0.15, -0.1) is 0 Å². The first kappa shape index (κ1) is 16.0. The summed E-state index contributed by atoms with van der Waals surface area (Å²) in [5, 5.41) is 3.20. The molecule has 6 heteroatoms. The van der Waals surface area contributed by atoms with Gasteiger partial charge >= 0.3 is 0 Å². The molecular formula is C17H23N3O3. The molecule has 1 aromatic rings. The first-order valence-corrected chi connectivity index (χ1v) is 8.20. The van der Waals surface area contributed by atoms with Gasteiger partial charge in [-0.05, 0) is 18.6 Å². The van der Waals surface area contributed by atoms with Gasteiger partial charge in [0.2, 0.25) is 5.91 Å². The number of hydrogen-bond donors (Lipinski definition) is 1. The molecule has 0 aliphatic carbocycles. The zero-order chi connectivity index (χ0) is 16.1. The molecule has 1 N–H and O–H groups in total. The lowest BCUT2D eigenvalue weighted by atomic mass is 10.2. The summed E-state index contributed by atoms with van der Waals surface area (Å²) < 4.78 is 5.37. The van der Waals surface area contributed by atoms with Crippen molar-refractivity contribution in [2.45, 2.75) is 12.5 Å². The predicted octanol–water partition coefficient (Wildman–Crippen LogP) is 0.350. The van der Waals surface area contributed by atoms with Crippen LogP contribution in [-0.4, -0.2) is 73.6 Å². The van der Waals surface area contributed by atoms with E-state index >= 15 is 0 Å². The lowest BCUT2D eigenvalue weighted by molar-refractivity contribution is -0.136. The minimum atomic E-state index is -0.250. The second kappa shape index (κ2) is 7.57. The number of benzene rings is 1. The monoisotopic (exact) mass is 317 g/mol. The van der Waals surface area contributed by atoms with Gasteiger partial charge in [0.25, 0.3) is 5.91 Å². The topological polar surface area (TPSA) is 61.9 Å². The maximum Gasteiger partial charge on any atom is 0.253 e. The molecule has 6 nitrogen and oxygen atoms in total. The molecular weight excluding hydrogens is 294 g/mol. The maximum absolute atomic E-state index is 12.5. The summed E-state index contributed by atoms with van der Waals surface area (Å²) in [6.45, 7) is 4.33. The van der Waals surface area contributed by atoms with Crippen LogP contribution in [0.1, 0.15) is 16.8 Å². The van der Waals surface area contributed by atoms with Gasteiger partial charge < -0.3 is 19.9 Å². The number of morpholine rings is 1. The molecule has 1 unspecified atom stereocenters. The molecule has 2 aliphatic heterocycles. The van der Waals surface area contributed by atoms with Crippen molar-refractivity contribution in [2.75, 3.05) is 45.9 Å². The maximum atomic E-state index is 12.5. The molecule has 1 atom stereocenters. The SMILES string of the molecule is O=C(c1ccccc1)N1CCCN(C(=O)C2COCCN2)CC1. The molecule has 2 aliphatic rings. The van der Waals surface area contributed by atoms with Gasteiger partial charge in [0, 0.05) is 38.3 Å². The van der Waals surface area contributed by atoms with Crippen LogP contribution in [0.3, 0.4) is 0 Å². The largest absolute Gasteiger partial charge is 0.378 e. The molecule has 0 spiro atoms. The van der Waals surface area contributed by atoms with Gasteiger partial charge in [0.15, 0.2) is 0 Å². The molecule has 0 radical (unpaired) electrons. The second-order valence-electron chi connectivity index (χ2n) is 5.92. The van der Waals surface area contributed by atoms with E-state index in [4.69, 9.17) is 4.74 Å². The Labute approximate surface area is 136 Å². The Morgan fingerprint density at radius 2 is 1.78 bits per heavy atom. The Kier molecular flexibility index (Phi) is 5.25. The van der Waals surface area contributed by atoms with E-state index in [0.29, 0.717) is 51.5 Å².